The zero-order chi connectivity index (χ0) is 15.6. The number of carbonyl (C=O) groups excluding carboxylic acids is 1. The average Bonchev–Trinajstić information content (AvgIpc) is 2.42. The van der Waals surface area contributed by atoms with E-state index in [1.807, 2.05) is 0 Å². The van der Waals surface area contributed by atoms with Crippen LogP contribution in [-0.4, -0.2) is 11.2 Å². The second-order valence-corrected chi connectivity index (χ2v) is 5.98. The van der Waals surface area contributed by atoms with E-state index in [0.717, 1.165) is 0 Å². The maximum Gasteiger partial charge on any atom is 0.271 e. The first-order valence-corrected chi connectivity index (χ1v) is 7.45. The highest BCUT2D eigenvalue weighted by atomic mass is 79.9. The van der Waals surface area contributed by atoms with Gasteiger partial charge in [0.15, 0.2) is 12.0 Å². The van der Waals surface area contributed by atoms with E-state index in [1.54, 1.807) is 18.2 Å². The summed E-state index contributed by atoms with van der Waals surface area (Å²) in [5, 5.41) is 11.0. The molecule has 0 N–H and O–H groups in total. The molecule has 0 radical (unpaired) electrons. The zero-order valence-corrected chi connectivity index (χ0v) is 14.1. The fourth-order valence-electron chi connectivity index (χ4n) is 1.58. The van der Waals surface area contributed by atoms with Gasteiger partial charge < -0.3 is 4.74 Å². The van der Waals surface area contributed by atoms with Crippen molar-refractivity contribution in [2.45, 2.75) is 0 Å². The Morgan fingerprint density at radius 3 is 2.38 bits per heavy atom. The zero-order valence-electron chi connectivity index (χ0n) is 10.2. The maximum absolute atomic E-state index is 11.1. The van der Waals surface area contributed by atoms with Crippen LogP contribution in [0, 0.1) is 10.1 Å². The van der Waals surface area contributed by atoms with Gasteiger partial charge in [-0.3, -0.25) is 14.9 Å². The fraction of sp³-hybridized carbons (Fsp3) is 0. The Balaban J connectivity index is 2.48. The van der Waals surface area contributed by atoms with Gasteiger partial charge in [0.2, 0.25) is 0 Å². The average molecular weight is 435 g/mol. The fourth-order valence-corrected chi connectivity index (χ4v) is 3.11. The number of ether oxygens (including phenoxy) is 1. The van der Waals surface area contributed by atoms with Crippen LogP contribution in [0.25, 0.3) is 0 Å². The number of hydrogen-bond donors (Lipinski definition) is 0. The molecule has 0 fully saturated rings. The molecule has 0 amide bonds. The third-order valence-electron chi connectivity index (χ3n) is 2.54. The van der Waals surface area contributed by atoms with Crippen LogP contribution in [-0.2, 0) is 0 Å². The summed E-state index contributed by atoms with van der Waals surface area (Å²) >= 11 is 12.3. The van der Waals surface area contributed by atoms with E-state index in [1.165, 1.54) is 12.1 Å². The van der Waals surface area contributed by atoms with Crippen molar-refractivity contribution in [3.63, 3.8) is 0 Å². The topological polar surface area (TPSA) is 69.4 Å². The summed E-state index contributed by atoms with van der Waals surface area (Å²) in [6, 6.07) is 7.41. The summed E-state index contributed by atoms with van der Waals surface area (Å²) in [6.07, 6.45) is 0.588. The van der Waals surface area contributed by atoms with Crippen molar-refractivity contribution < 1.29 is 14.5 Å². The van der Waals surface area contributed by atoms with Crippen molar-refractivity contribution in [1.29, 1.82) is 0 Å². The van der Waals surface area contributed by atoms with E-state index in [4.69, 9.17) is 16.3 Å². The molecular weight excluding hydrogens is 429 g/mol. The summed E-state index contributed by atoms with van der Waals surface area (Å²) < 4.78 is 6.40. The smallest absolute Gasteiger partial charge is 0.271 e. The van der Waals surface area contributed by atoms with Crippen LogP contribution in [0.1, 0.15) is 10.4 Å². The normalized spacial score (nSPS) is 10.2. The Hall–Kier alpha value is -1.44. The van der Waals surface area contributed by atoms with E-state index in [2.05, 4.69) is 31.9 Å². The van der Waals surface area contributed by atoms with Crippen molar-refractivity contribution in [3.8, 4) is 11.5 Å². The second-order valence-electron chi connectivity index (χ2n) is 3.87. The molecule has 0 aromatic heterocycles. The minimum Gasteiger partial charge on any atom is -0.454 e. The quantitative estimate of drug-likeness (QED) is 0.367. The predicted octanol–water partition coefficient (Wildman–Crippen LogP) is 5.38. The van der Waals surface area contributed by atoms with E-state index in [-0.39, 0.29) is 22.0 Å². The van der Waals surface area contributed by atoms with Gasteiger partial charge in [0.05, 0.1) is 24.5 Å². The van der Waals surface area contributed by atoms with Crippen LogP contribution in [0.4, 0.5) is 5.69 Å². The lowest BCUT2D eigenvalue weighted by molar-refractivity contribution is -0.385. The highest BCUT2D eigenvalue weighted by molar-refractivity contribution is 9.11. The highest BCUT2D eigenvalue weighted by Crippen LogP contribution is 2.41. The first kappa shape index (κ1) is 15.9. The van der Waals surface area contributed by atoms with Crippen molar-refractivity contribution in [2.24, 2.45) is 0 Å². The number of carbonyl (C=O) groups is 1. The van der Waals surface area contributed by atoms with Gasteiger partial charge in [-0.05, 0) is 44.0 Å². The largest absolute Gasteiger partial charge is 0.454 e. The van der Waals surface area contributed by atoms with Crippen LogP contribution < -0.4 is 4.74 Å². The number of halogens is 3. The van der Waals surface area contributed by atoms with Gasteiger partial charge in [-0.25, -0.2) is 0 Å². The lowest BCUT2D eigenvalue weighted by Gasteiger charge is -2.12. The molecule has 0 saturated carbocycles. The van der Waals surface area contributed by atoms with Crippen LogP contribution in [0.15, 0.2) is 39.3 Å². The molecule has 0 saturated heterocycles. The first-order valence-electron chi connectivity index (χ1n) is 5.49. The SMILES string of the molecule is O=Cc1c(Cl)cccc1Oc1c(Br)cc([N+](=O)[O-])cc1Br. The number of nitrogens with zero attached hydrogens (tertiary/aromatic N) is 1. The number of rotatable bonds is 4. The summed E-state index contributed by atoms with van der Waals surface area (Å²) in [4.78, 5) is 21.3. The molecule has 2 aromatic rings. The number of nitro groups is 1. The summed E-state index contributed by atoms with van der Waals surface area (Å²) in [7, 11) is 0. The van der Waals surface area contributed by atoms with Gasteiger partial charge in [-0.2, -0.15) is 0 Å². The number of aldehydes is 1. The molecule has 0 bridgehead atoms. The van der Waals surface area contributed by atoms with Crippen LogP contribution >= 0.6 is 43.5 Å². The molecule has 0 aliphatic carbocycles. The molecule has 0 spiro atoms. The predicted molar refractivity (Wildman–Crippen MR) is 85.4 cm³/mol. The maximum atomic E-state index is 11.1. The molecule has 5 nitrogen and oxygen atoms in total. The van der Waals surface area contributed by atoms with Crippen LogP contribution in [0.2, 0.25) is 5.02 Å². The Morgan fingerprint density at radius 2 is 1.86 bits per heavy atom. The van der Waals surface area contributed by atoms with Crippen molar-refractivity contribution in [2.75, 3.05) is 0 Å². The van der Waals surface area contributed by atoms with Gasteiger partial charge >= 0.3 is 0 Å². The van der Waals surface area contributed by atoms with Gasteiger partial charge in [-0.15, -0.1) is 0 Å². The molecule has 108 valence electrons. The van der Waals surface area contributed by atoms with E-state index in [0.29, 0.717) is 21.0 Å². The van der Waals surface area contributed by atoms with E-state index < -0.39 is 4.92 Å². The molecule has 21 heavy (non-hydrogen) atoms. The van der Waals surface area contributed by atoms with Gasteiger partial charge in [0.1, 0.15) is 5.75 Å². The monoisotopic (exact) mass is 433 g/mol. The lowest BCUT2D eigenvalue weighted by atomic mass is 10.2. The van der Waals surface area contributed by atoms with Crippen molar-refractivity contribution >= 4 is 55.4 Å². The Morgan fingerprint density at radius 1 is 1.24 bits per heavy atom. The standard InChI is InChI=1S/C13H6Br2ClNO4/c14-9-4-7(17(19)20)5-10(15)13(9)21-12-3-1-2-11(16)8(12)6-18/h1-6H. The summed E-state index contributed by atoms with van der Waals surface area (Å²) in [5.74, 6) is 0.568. The van der Waals surface area contributed by atoms with E-state index >= 15 is 0 Å². The summed E-state index contributed by atoms with van der Waals surface area (Å²) in [6.45, 7) is 0. The van der Waals surface area contributed by atoms with Gasteiger partial charge in [0, 0.05) is 12.1 Å². The molecule has 0 unspecified atom stereocenters. The minimum absolute atomic E-state index is 0.0946. The number of hydrogen-bond acceptors (Lipinski definition) is 4. The van der Waals surface area contributed by atoms with Gasteiger partial charge in [-0.1, -0.05) is 17.7 Å². The number of non-ortho nitro benzene ring substituents is 1. The third kappa shape index (κ3) is 3.42. The van der Waals surface area contributed by atoms with E-state index in [9.17, 15) is 14.9 Å². The molecule has 0 heterocycles. The molecule has 2 rings (SSSR count). The highest BCUT2D eigenvalue weighted by Gasteiger charge is 2.17. The van der Waals surface area contributed by atoms with Crippen LogP contribution in [0.3, 0.4) is 0 Å². The Bertz CT molecular complexity index is 713. The second kappa shape index (κ2) is 6.55. The number of benzene rings is 2. The molecule has 0 atom stereocenters. The van der Waals surface area contributed by atoms with Crippen LogP contribution in [0.5, 0.6) is 11.5 Å². The molecular formula is C13H6Br2ClNO4. The molecule has 0 aliphatic heterocycles. The third-order valence-corrected chi connectivity index (χ3v) is 4.04. The lowest BCUT2D eigenvalue weighted by Crippen LogP contribution is -1.95. The molecule has 8 heteroatoms. The Kier molecular flexibility index (Phi) is 4.97. The summed E-state index contributed by atoms with van der Waals surface area (Å²) in [5.41, 5.74) is 0.110. The Labute approximate surface area is 141 Å². The number of nitro benzene ring substituents is 1. The molecule has 2 aromatic carbocycles. The minimum atomic E-state index is -0.518. The first-order chi connectivity index (χ1) is 9.93. The van der Waals surface area contributed by atoms with Gasteiger partial charge in [0.25, 0.3) is 5.69 Å². The van der Waals surface area contributed by atoms with Crippen molar-refractivity contribution in [3.05, 3.63) is 60.0 Å². The van der Waals surface area contributed by atoms with Crippen molar-refractivity contribution in [1.82, 2.24) is 0 Å². The molecule has 0 aliphatic rings.